The lowest BCUT2D eigenvalue weighted by molar-refractivity contribution is -0.120. The number of hydrogen-bond acceptors (Lipinski definition) is 2. The van der Waals surface area contributed by atoms with Crippen LogP contribution in [0.25, 0.3) is 0 Å². The maximum absolute atomic E-state index is 11.5. The van der Waals surface area contributed by atoms with E-state index >= 15 is 0 Å². The lowest BCUT2D eigenvalue weighted by Crippen LogP contribution is -2.12. The van der Waals surface area contributed by atoms with Crippen LogP contribution in [0.1, 0.15) is 65.7 Å². The van der Waals surface area contributed by atoms with Crippen LogP contribution in [-0.2, 0) is 4.79 Å². The van der Waals surface area contributed by atoms with Crippen molar-refractivity contribution in [1.29, 1.82) is 0 Å². The van der Waals surface area contributed by atoms with E-state index in [9.17, 15) is 4.79 Å². The highest BCUT2D eigenvalue weighted by atomic mass is 16.1. The van der Waals surface area contributed by atoms with E-state index in [4.69, 9.17) is 5.73 Å². The van der Waals surface area contributed by atoms with E-state index in [0.717, 1.165) is 32.2 Å². The molecule has 15 heavy (non-hydrogen) atoms. The zero-order chi connectivity index (χ0) is 11.7. The molecule has 0 aliphatic rings. The molecule has 0 rings (SSSR count). The van der Waals surface area contributed by atoms with Gasteiger partial charge in [-0.1, -0.05) is 40.0 Å². The third-order valence-corrected chi connectivity index (χ3v) is 2.39. The van der Waals surface area contributed by atoms with Gasteiger partial charge >= 0.3 is 0 Å². The Bertz CT molecular complexity index is 170. The van der Waals surface area contributed by atoms with Gasteiger partial charge in [0.2, 0.25) is 0 Å². The largest absolute Gasteiger partial charge is 0.330 e. The van der Waals surface area contributed by atoms with E-state index in [1.807, 2.05) is 0 Å². The summed E-state index contributed by atoms with van der Waals surface area (Å²) < 4.78 is 0. The minimum atomic E-state index is 0.149. The summed E-state index contributed by atoms with van der Waals surface area (Å²) in [6.07, 6.45) is 7.27. The number of carbonyl (C=O) groups excluding carboxylic acids is 1. The molecule has 0 aliphatic carbocycles. The lowest BCUT2D eigenvalue weighted by Gasteiger charge is -2.16. The van der Waals surface area contributed by atoms with Gasteiger partial charge in [-0.3, -0.25) is 4.79 Å². The molecule has 2 N–H and O–H groups in total. The molecular weight excluding hydrogens is 186 g/mol. The van der Waals surface area contributed by atoms with Crippen LogP contribution in [0.5, 0.6) is 0 Å². The Hall–Kier alpha value is -0.370. The molecule has 0 aliphatic heterocycles. The third kappa shape index (κ3) is 11.6. The molecule has 0 bridgehead atoms. The Balaban J connectivity index is 3.32. The topological polar surface area (TPSA) is 43.1 Å². The molecule has 90 valence electrons. The minimum absolute atomic E-state index is 0.149. The minimum Gasteiger partial charge on any atom is -0.330 e. The van der Waals surface area contributed by atoms with Crippen molar-refractivity contribution in [2.45, 2.75) is 65.7 Å². The Morgan fingerprint density at radius 1 is 1.00 bits per heavy atom. The fourth-order valence-corrected chi connectivity index (χ4v) is 1.68. The van der Waals surface area contributed by atoms with E-state index < -0.39 is 0 Å². The van der Waals surface area contributed by atoms with Gasteiger partial charge in [0.15, 0.2) is 0 Å². The average molecular weight is 213 g/mol. The SMILES string of the molecule is CC(C)(C)CC(=O)CCCCCCCN. The molecule has 0 aromatic heterocycles. The zero-order valence-electron chi connectivity index (χ0n) is 10.6. The number of hydrogen-bond donors (Lipinski definition) is 1. The van der Waals surface area contributed by atoms with Crippen molar-refractivity contribution in [1.82, 2.24) is 0 Å². The highest BCUT2D eigenvalue weighted by molar-refractivity contribution is 5.78. The molecule has 0 saturated heterocycles. The standard InChI is InChI=1S/C13H27NO/c1-13(2,3)11-12(15)9-7-5-4-6-8-10-14/h4-11,14H2,1-3H3. The molecule has 0 atom stereocenters. The number of nitrogens with two attached hydrogens (primary N) is 1. The lowest BCUT2D eigenvalue weighted by atomic mass is 9.88. The first-order chi connectivity index (χ1) is 6.95. The molecular formula is C13H27NO. The first-order valence-corrected chi connectivity index (χ1v) is 6.17. The Kier molecular flexibility index (Phi) is 7.67. The summed E-state index contributed by atoms with van der Waals surface area (Å²) in [4.78, 5) is 11.5. The van der Waals surface area contributed by atoms with Gasteiger partial charge < -0.3 is 5.73 Å². The van der Waals surface area contributed by atoms with Crippen molar-refractivity contribution in [3.63, 3.8) is 0 Å². The average Bonchev–Trinajstić information content (AvgIpc) is 2.08. The van der Waals surface area contributed by atoms with E-state index in [-0.39, 0.29) is 5.41 Å². The maximum Gasteiger partial charge on any atom is 0.133 e. The second-order valence-corrected chi connectivity index (χ2v) is 5.58. The van der Waals surface area contributed by atoms with Crippen molar-refractivity contribution in [2.75, 3.05) is 6.54 Å². The smallest absolute Gasteiger partial charge is 0.133 e. The monoisotopic (exact) mass is 213 g/mol. The summed E-state index contributed by atoms with van der Waals surface area (Å²) in [6.45, 7) is 7.15. The molecule has 0 amide bonds. The van der Waals surface area contributed by atoms with Gasteiger partial charge in [-0.25, -0.2) is 0 Å². The third-order valence-electron chi connectivity index (χ3n) is 2.39. The van der Waals surface area contributed by atoms with Gasteiger partial charge in [0.1, 0.15) is 5.78 Å². The number of Topliss-reactive ketones (excluding diaryl/α,β-unsaturated/α-hetero) is 1. The molecule has 0 fully saturated rings. The molecule has 0 spiro atoms. The first-order valence-electron chi connectivity index (χ1n) is 6.17. The van der Waals surface area contributed by atoms with Crippen LogP contribution in [0.2, 0.25) is 0 Å². The van der Waals surface area contributed by atoms with Crippen LogP contribution in [0.15, 0.2) is 0 Å². The Morgan fingerprint density at radius 2 is 1.53 bits per heavy atom. The van der Waals surface area contributed by atoms with Crippen LogP contribution in [0.4, 0.5) is 0 Å². The van der Waals surface area contributed by atoms with Gasteiger partial charge in [0.05, 0.1) is 0 Å². The summed E-state index contributed by atoms with van der Waals surface area (Å²) in [5, 5.41) is 0. The van der Waals surface area contributed by atoms with Gasteiger partial charge in [-0.2, -0.15) is 0 Å². The van der Waals surface area contributed by atoms with Gasteiger partial charge in [0.25, 0.3) is 0 Å². The number of carbonyl (C=O) groups is 1. The van der Waals surface area contributed by atoms with Crippen LogP contribution < -0.4 is 5.73 Å². The quantitative estimate of drug-likeness (QED) is 0.629. The van der Waals surface area contributed by atoms with Crippen molar-refractivity contribution >= 4 is 5.78 Å². The molecule has 2 heteroatoms. The highest BCUT2D eigenvalue weighted by Gasteiger charge is 2.15. The highest BCUT2D eigenvalue weighted by Crippen LogP contribution is 2.20. The predicted octanol–water partition coefficient (Wildman–Crippen LogP) is 3.29. The predicted molar refractivity (Wildman–Crippen MR) is 65.8 cm³/mol. The van der Waals surface area contributed by atoms with Crippen molar-refractivity contribution in [2.24, 2.45) is 11.1 Å². The van der Waals surface area contributed by atoms with E-state index in [0.29, 0.717) is 5.78 Å². The molecule has 0 radical (unpaired) electrons. The zero-order valence-corrected chi connectivity index (χ0v) is 10.6. The van der Waals surface area contributed by atoms with Crippen molar-refractivity contribution < 1.29 is 4.79 Å². The van der Waals surface area contributed by atoms with E-state index in [2.05, 4.69) is 20.8 Å². The van der Waals surface area contributed by atoms with Crippen molar-refractivity contribution in [3.05, 3.63) is 0 Å². The normalized spacial score (nSPS) is 11.7. The number of ketones is 1. The fraction of sp³-hybridized carbons (Fsp3) is 0.923. The van der Waals surface area contributed by atoms with Crippen molar-refractivity contribution in [3.8, 4) is 0 Å². The van der Waals surface area contributed by atoms with Gasteiger partial charge in [-0.05, 0) is 24.8 Å². The summed E-state index contributed by atoms with van der Waals surface area (Å²) in [6, 6.07) is 0. The Labute approximate surface area is 94.6 Å². The molecule has 0 saturated carbocycles. The summed E-state index contributed by atoms with van der Waals surface area (Å²) >= 11 is 0. The van der Waals surface area contributed by atoms with Crippen LogP contribution >= 0.6 is 0 Å². The van der Waals surface area contributed by atoms with Crippen LogP contribution in [0, 0.1) is 5.41 Å². The number of rotatable bonds is 8. The maximum atomic E-state index is 11.5. The van der Waals surface area contributed by atoms with Crippen LogP contribution in [0.3, 0.4) is 0 Å². The molecule has 0 aromatic rings. The van der Waals surface area contributed by atoms with Crippen LogP contribution in [-0.4, -0.2) is 12.3 Å². The second kappa shape index (κ2) is 7.86. The molecule has 0 unspecified atom stereocenters. The summed E-state index contributed by atoms with van der Waals surface area (Å²) in [7, 11) is 0. The Morgan fingerprint density at radius 3 is 2.07 bits per heavy atom. The summed E-state index contributed by atoms with van der Waals surface area (Å²) in [5.41, 5.74) is 5.56. The van der Waals surface area contributed by atoms with Gasteiger partial charge in [0, 0.05) is 12.8 Å². The molecule has 0 aromatic carbocycles. The second-order valence-electron chi connectivity index (χ2n) is 5.58. The molecule has 0 heterocycles. The summed E-state index contributed by atoms with van der Waals surface area (Å²) in [5.74, 6) is 0.418. The first kappa shape index (κ1) is 14.6. The van der Waals surface area contributed by atoms with Gasteiger partial charge in [-0.15, -0.1) is 0 Å². The molecule has 2 nitrogen and oxygen atoms in total. The van der Waals surface area contributed by atoms with E-state index in [1.165, 1.54) is 19.3 Å². The fourth-order valence-electron chi connectivity index (χ4n) is 1.68. The van der Waals surface area contributed by atoms with E-state index in [1.54, 1.807) is 0 Å². The number of unbranched alkanes of at least 4 members (excludes halogenated alkanes) is 4.